The van der Waals surface area contributed by atoms with Crippen LogP contribution in [0.5, 0.6) is 0 Å². The van der Waals surface area contributed by atoms with E-state index in [4.69, 9.17) is 23.2 Å². The van der Waals surface area contributed by atoms with Crippen molar-refractivity contribution in [3.63, 3.8) is 0 Å². The van der Waals surface area contributed by atoms with Crippen molar-refractivity contribution in [2.45, 2.75) is 6.54 Å². The Kier molecular flexibility index (Phi) is 3.39. The van der Waals surface area contributed by atoms with E-state index in [1.165, 1.54) is 0 Å². The maximum atomic E-state index is 5.96. The van der Waals surface area contributed by atoms with Crippen LogP contribution in [0.2, 0.25) is 10.0 Å². The van der Waals surface area contributed by atoms with Crippen LogP contribution in [0, 0.1) is 0 Å². The van der Waals surface area contributed by atoms with Gasteiger partial charge in [-0.2, -0.15) is 0 Å². The molecule has 0 fully saturated rings. The lowest BCUT2D eigenvalue weighted by molar-refractivity contribution is 0.402. The first-order valence-corrected chi connectivity index (χ1v) is 4.44. The van der Waals surface area contributed by atoms with Crippen LogP contribution in [0.1, 0.15) is 5.56 Å². The summed E-state index contributed by atoms with van der Waals surface area (Å²) in [6, 6.07) is 5.57. The highest BCUT2D eigenvalue weighted by Crippen LogP contribution is 2.21. The standard InChI is InChI=1S/C9H11Cl2N/c1-12(2)6-7-3-4-8(10)5-9(7)11/h3-5H,6H2,1-2H3. The average Bonchev–Trinajstić information content (AvgIpc) is 1.94. The Hall–Kier alpha value is -0.240. The predicted molar refractivity (Wildman–Crippen MR) is 53.9 cm³/mol. The van der Waals surface area contributed by atoms with Crippen molar-refractivity contribution < 1.29 is 0 Å². The van der Waals surface area contributed by atoms with Gasteiger partial charge in [0.05, 0.1) is 0 Å². The van der Waals surface area contributed by atoms with Crippen LogP contribution in [0.4, 0.5) is 0 Å². The first-order valence-electron chi connectivity index (χ1n) is 3.68. The van der Waals surface area contributed by atoms with Crippen molar-refractivity contribution in [2.24, 2.45) is 0 Å². The summed E-state index contributed by atoms with van der Waals surface area (Å²) in [5.74, 6) is 0. The summed E-state index contributed by atoms with van der Waals surface area (Å²) in [6.07, 6.45) is 0. The maximum absolute atomic E-state index is 5.96. The molecule has 1 aromatic carbocycles. The Morgan fingerprint density at radius 1 is 1.25 bits per heavy atom. The van der Waals surface area contributed by atoms with Crippen LogP contribution in [-0.2, 0) is 6.54 Å². The molecule has 0 radical (unpaired) electrons. The molecule has 1 rings (SSSR count). The molecular formula is C9H11Cl2N. The monoisotopic (exact) mass is 203 g/mol. The average molecular weight is 204 g/mol. The summed E-state index contributed by atoms with van der Waals surface area (Å²) in [5, 5.41) is 1.42. The second-order valence-electron chi connectivity index (χ2n) is 2.97. The number of nitrogens with zero attached hydrogens (tertiary/aromatic N) is 1. The van der Waals surface area contributed by atoms with Gasteiger partial charge in [-0.05, 0) is 31.8 Å². The van der Waals surface area contributed by atoms with Crippen molar-refractivity contribution >= 4 is 23.2 Å². The third-order valence-electron chi connectivity index (χ3n) is 1.50. The Morgan fingerprint density at radius 3 is 2.42 bits per heavy atom. The molecule has 0 saturated carbocycles. The summed E-state index contributed by atoms with van der Waals surface area (Å²) < 4.78 is 0. The summed E-state index contributed by atoms with van der Waals surface area (Å²) in [5.41, 5.74) is 1.10. The largest absolute Gasteiger partial charge is 0.305 e. The van der Waals surface area contributed by atoms with Crippen LogP contribution < -0.4 is 0 Å². The Bertz CT molecular complexity index is 271. The third-order valence-corrected chi connectivity index (χ3v) is 2.09. The SMILES string of the molecule is CN(C)Cc1ccc(Cl)cc1Cl. The zero-order valence-electron chi connectivity index (χ0n) is 7.14. The van der Waals surface area contributed by atoms with Gasteiger partial charge in [-0.15, -0.1) is 0 Å². The molecule has 0 bridgehead atoms. The zero-order valence-corrected chi connectivity index (χ0v) is 8.65. The minimum Gasteiger partial charge on any atom is -0.305 e. The molecule has 0 N–H and O–H groups in total. The lowest BCUT2D eigenvalue weighted by atomic mass is 10.2. The zero-order chi connectivity index (χ0) is 9.14. The van der Waals surface area contributed by atoms with Gasteiger partial charge in [0.25, 0.3) is 0 Å². The number of hydrogen-bond donors (Lipinski definition) is 0. The molecule has 0 aliphatic rings. The number of hydrogen-bond acceptors (Lipinski definition) is 1. The summed E-state index contributed by atoms with van der Waals surface area (Å²) in [4.78, 5) is 2.06. The summed E-state index contributed by atoms with van der Waals surface area (Å²) in [6.45, 7) is 0.843. The molecule has 12 heavy (non-hydrogen) atoms. The van der Waals surface area contributed by atoms with Gasteiger partial charge >= 0.3 is 0 Å². The van der Waals surface area contributed by atoms with Crippen molar-refractivity contribution in [1.82, 2.24) is 4.90 Å². The van der Waals surface area contributed by atoms with Gasteiger partial charge in [-0.1, -0.05) is 29.3 Å². The molecular weight excluding hydrogens is 193 g/mol. The Morgan fingerprint density at radius 2 is 1.92 bits per heavy atom. The van der Waals surface area contributed by atoms with Gasteiger partial charge in [0.2, 0.25) is 0 Å². The molecule has 0 aliphatic heterocycles. The topological polar surface area (TPSA) is 3.24 Å². The van der Waals surface area contributed by atoms with Gasteiger partial charge < -0.3 is 4.90 Å². The van der Waals surface area contributed by atoms with Crippen LogP contribution >= 0.6 is 23.2 Å². The fourth-order valence-corrected chi connectivity index (χ4v) is 1.46. The molecule has 0 atom stereocenters. The molecule has 0 heterocycles. The van der Waals surface area contributed by atoms with Crippen molar-refractivity contribution in [3.8, 4) is 0 Å². The van der Waals surface area contributed by atoms with Crippen LogP contribution in [0.15, 0.2) is 18.2 Å². The molecule has 0 saturated heterocycles. The second-order valence-corrected chi connectivity index (χ2v) is 3.82. The van der Waals surface area contributed by atoms with Crippen molar-refractivity contribution in [3.05, 3.63) is 33.8 Å². The molecule has 1 aromatic rings. The summed E-state index contributed by atoms with van der Waals surface area (Å²) in [7, 11) is 4.01. The van der Waals surface area contributed by atoms with E-state index < -0.39 is 0 Å². The Balaban J connectivity index is 2.86. The Labute approximate surface area is 82.9 Å². The maximum Gasteiger partial charge on any atom is 0.0465 e. The second kappa shape index (κ2) is 4.13. The quantitative estimate of drug-likeness (QED) is 0.715. The first-order chi connectivity index (χ1) is 5.59. The van der Waals surface area contributed by atoms with Crippen LogP contribution in [0.3, 0.4) is 0 Å². The fourth-order valence-electron chi connectivity index (χ4n) is 0.991. The molecule has 0 aromatic heterocycles. The van der Waals surface area contributed by atoms with Gasteiger partial charge in [-0.25, -0.2) is 0 Å². The van der Waals surface area contributed by atoms with E-state index in [9.17, 15) is 0 Å². The molecule has 0 amide bonds. The molecule has 0 spiro atoms. The molecule has 0 unspecified atom stereocenters. The minimum absolute atomic E-state index is 0.683. The van der Waals surface area contributed by atoms with E-state index in [0.29, 0.717) is 5.02 Å². The van der Waals surface area contributed by atoms with Crippen LogP contribution in [0.25, 0.3) is 0 Å². The first kappa shape index (κ1) is 9.85. The lowest BCUT2D eigenvalue weighted by Crippen LogP contribution is -2.10. The van der Waals surface area contributed by atoms with Gasteiger partial charge in [0, 0.05) is 16.6 Å². The van der Waals surface area contributed by atoms with E-state index in [-0.39, 0.29) is 0 Å². The highest BCUT2D eigenvalue weighted by molar-refractivity contribution is 6.35. The van der Waals surface area contributed by atoms with Gasteiger partial charge in [0.15, 0.2) is 0 Å². The molecule has 1 nitrogen and oxygen atoms in total. The van der Waals surface area contributed by atoms with E-state index in [1.807, 2.05) is 26.2 Å². The highest BCUT2D eigenvalue weighted by atomic mass is 35.5. The van der Waals surface area contributed by atoms with E-state index in [2.05, 4.69) is 4.90 Å². The van der Waals surface area contributed by atoms with Gasteiger partial charge in [0.1, 0.15) is 0 Å². The number of benzene rings is 1. The number of rotatable bonds is 2. The summed E-state index contributed by atoms with van der Waals surface area (Å²) >= 11 is 11.7. The van der Waals surface area contributed by atoms with Gasteiger partial charge in [-0.3, -0.25) is 0 Å². The normalized spacial score (nSPS) is 10.8. The van der Waals surface area contributed by atoms with Crippen molar-refractivity contribution in [2.75, 3.05) is 14.1 Å². The highest BCUT2D eigenvalue weighted by Gasteiger charge is 2.01. The molecule has 0 aliphatic carbocycles. The van der Waals surface area contributed by atoms with Crippen LogP contribution in [-0.4, -0.2) is 19.0 Å². The minimum atomic E-state index is 0.683. The smallest absolute Gasteiger partial charge is 0.0465 e. The molecule has 3 heteroatoms. The fraction of sp³-hybridized carbons (Fsp3) is 0.333. The van der Waals surface area contributed by atoms with E-state index >= 15 is 0 Å². The van der Waals surface area contributed by atoms with Crippen molar-refractivity contribution in [1.29, 1.82) is 0 Å². The lowest BCUT2D eigenvalue weighted by Gasteiger charge is -2.10. The van der Waals surface area contributed by atoms with E-state index in [0.717, 1.165) is 17.1 Å². The number of halogens is 2. The third kappa shape index (κ3) is 2.67. The predicted octanol–water partition coefficient (Wildman–Crippen LogP) is 3.06. The molecule has 66 valence electrons. The van der Waals surface area contributed by atoms with E-state index in [1.54, 1.807) is 6.07 Å².